The monoisotopic (exact) mass is 436 g/mol. The van der Waals surface area contributed by atoms with Gasteiger partial charge in [-0.15, -0.1) is 0 Å². The summed E-state index contributed by atoms with van der Waals surface area (Å²) in [5, 5.41) is 2.91. The fraction of sp³-hybridized carbons (Fsp3) is 0.381. The van der Waals surface area contributed by atoms with E-state index in [0.717, 1.165) is 11.8 Å². The molecule has 0 saturated carbocycles. The van der Waals surface area contributed by atoms with Crippen molar-refractivity contribution in [3.63, 3.8) is 0 Å². The Morgan fingerprint density at radius 3 is 2.47 bits per heavy atom. The first-order valence-electron chi connectivity index (χ1n) is 9.66. The smallest absolute Gasteiger partial charge is 0.232 e. The van der Waals surface area contributed by atoms with Crippen LogP contribution in [0.4, 0.5) is 10.1 Å². The lowest BCUT2D eigenvalue weighted by atomic mass is 10.1. The summed E-state index contributed by atoms with van der Waals surface area (Å²) in [6.07, 6.45) is 1.56. The maximum atomic E-state index is 13.1. The van der Waals surface area contributed by atoms with Gasteiger partial charge in [-0.3, -0.25) is 9.10 Å². The van der Waals surface area contributed by atoms with E-state index in [4.69, 9.17) is 9.47 Å². The Labute approximate surface area is 175 Å². The fourth-order valence-electron chi connectivity index (χ4n) is 3.20. The zero-order valence-electron chi connectivity index (χ0n) is 16.9. The van der Waals surface area contributed by atoms with E-state index in [1.165, 1.54) is 28.6 Å². The van der Waals surface area contributed by atoms with Crippen LogP contribution in [0.25, 0.3) is 0 Å². The van der Waals surface area contributed by atoms with Crippen LogP contribution in [0.5, 0.6) is 11.5 Å². The largest absolute Gasteiger partial charge is 0.486 e. The standard InChI is InChI=1S/C21H25FN2O5S/c1-15(16-5-10-19-20(14-16)29-13-12-28-19)23-21(25)4-3-11-24(30(2,26)27)18-8-6-17(22)7-9-18/h5-10,14-15H,3-4,11-13H2,1-2H3,(H,23,25)/t15-/m0/s1. The molecule has 0 aliphatic carbocycles. The molecule has 1 N–H and O–H groups in total. The highest BCUT2D eigenvalue weighted by Gasteiger charge is 2.19. The van der Waals surface area contributed by atoms with Crippen LogP contribution >= 0.6 is 0 Å². The van der Waals surface area contributed by atoms with Crippen LogP contribution in [0.1, 0.15) is 31.4 Å². The Hall–Kier alpha value is -2.81. The predicted molar refractivity (Wildman–Crippen MR) is 112 cm³/mol. The molecule has 1 aliphatic rings. The van der Waals surface area contributed by atoms with Gasteiger partial charge in [0.2, 0.25) is 15.9 Å². The molecule has 2 aromatic carbocycles. The summed E-state index contributed by atoms with van der Waals surface area (Å²) in [4.78, 5) is 12.3. The van der Waals surface area contributed by atoms with Gasteiger partial charge < -0.3 is 14.8 Å². The van der Waals surface area contributed by atoms with E-state index in [9.17, 15) is 17.6 Å². The van der Waals surface area contributed by atoms with Crippen LogP contribution in [-0.4, -0.2) is 40.3 Å². The number of hydrogen-bond donors (Lipinski definition) is 1. The van der Waals surface area contributed by atoms with Gasteiger partial charge in [0, 0.05) is 13.0 Å². The summed E-state index contributed by atoms with van der Waals surface area (Å²) in [5.41, 5.74) is 1.25. The van der Waals surface area contributed by atoms with E-state index < -0.39 is 15.8 Å². The van der Waals surface area contributed by atoms with Gasteiger partial charge in [0.1, 0.15) is 19.0 Å². The van der Waals surface area contributed by atoms with Gasteiger partial charge in [-0.05, 0) is 55.3 Å². The highest BCUT2D eigenvalue weighted by molar-refractivity contribution is 7.92. The first-order valence-corrected chi connectivity index (χ1v) is 11.5. The van der Waals surface area contributed by atoms with E-state index in [2.05, 4.69) is 5.32 Å². The molecular weight excluding hydrogens is 411 g/mol. The first kappa shape index (κ1) is 21.9. The van der Waals surface area contributed by atoms with Crippen LogP contribution in [0, 0.1) is 5.82 Å². The van der Waals surface area contributed by atoms with Gasteiger partial charge in [0.15, 0.2) is 11.5 Å². The number of nitrogens with one attached hydrogen (secondary N) is 1. The highest BCUT2D eigenvalue weighted by Crippen LogP contribution is 2.32. The zero-order valence-corrected chi connectivity index (χ0v) is 17.7. The molecular formula is C21H25FN2O5S. The molecule has 9 heteroatoms. The summed E-state index contributed by atoms with van der Waals surface area (Å²) in [5.74, 6) is 0.706. The number of hydrogen-bond acceptors (Lipinski definition) is 5. The van der Waals surface area contributed by atoms with Crippen LogP contribution in [0.3, 0.4) is 0 Å². The third-order valence-corrected chi connectivity index (χ3v) is 5.92. The maximum Gasteiger partial charge on any atom is 0.232 e. The van der Waals surface area contributed by atoms with E-state index >= 15 is 0 Å². The summed E-state index contributed by atoms with van der Waals surface area (Å²) < 4.78 is 49.5. The second-order valence-corrected chi connectivity index (χ2v) is 9.01. The summed E-state index contributed by atoms with van der Waals surface area (Å²) >= 11 is 0. The molecule has 0 spiro atoms. The van der Waals surface area contributed by atoms with E-state index in [1.807, 2.05) is 25.1 Å². The van der Waals surface area contributed by atoms with E-state index in [1.54, 1.807) is 0 Å². The van der Waals surface area contributed by atoms with Crippen molar-refractivity contribution in [1.82, 2.24) is 5.32 Å². The number of amides is 1. The number of sulfonamides is 1. The third kappa shape index (κ3) is 5.63. The average molecular weight is 437 g/mol. The number of carbonyl (C=O) groups is 1. The lowest BCUT2D eigenvalue weighted by molar-refractivity contribution is -0.121. The van der Waals surface area contributed by atoms with Crippen molar-refractivity contribution in [3.05, 3.63) is 53.8 Å². The maximum absolute atomic E-state index is 13.1. The summed E-state index contributed by atoms with van der Waals surface area (Å²) in [6.45, 7) is 2.99. The van der Waals surface area contributed by atoms with Gasteiger partial charge in [-0.25, -0.2) is 12.8 Å². The summed E-state index contributed by atoms with van der Waals surface area (Å²) in [7, 11) is -3.55. The van der Waals surface area contributed by atoms with Crippen LogP contribution in [-0.2, 0) is 14.8 Å². The number of rotatable bonds is 8. The minimum Gasteiger partial charge on any atom is -0.486 e. The van der Waals surface area contributed by atoms with Gasteiger partial charge in [-0.1, -0.05) is 6.07 Å². The quantitative estimate of drug-likeness (QED) is 0.688. The van der Waals surface area contributed by atoms with E-state index in [0.29, 0.717) is 36.8 Å². The highest BCUT2D eigenvalue weighted by atomic mass is 32.2. The molecule has 1 aliphatic heterocycles. The van der Waals surface area contributed by atoms with Gasteiger partial charge in [0.25, 0.3) is 0 Å². The van der Waals surface area contributed by atoms with Gasteiger partial charge in [0.05, 0.1) is 18.0 Å². The third-order valence-electron chi connectivity index (χ3n) is 4.72. The lowest BCUT2D eigenvalue weighted by Gasteiger charge is -2.23. The molecule has 0 unspecified atom stereocenters. The van der Waals surface area contributed by atoms with Gasteiger partial charge in [-0.2, -0.15) is 0 Å². The second-order valence-electron chi connectivity index (χ2n) is 7.11. The van der Waals surface area contributed by atoms with Crippen LogP contribution in [0.2, 0.25) is 0 Å². The topological polar surface area (TPSA) is 84.9 Å². The number of carbonyl (C=O) groups excluding carboxylic acids is 1. The van der Waals surface area contributed by atoms with Crippen LogP contribution in [0.15, 0.2) is 42.5 Å². The molecule has 0 aromatic heterocycles. The number of benzene rings is 2. The van der Waals surface area contributed by atoms with Crippen molar-refractivity contribution in [3.8, 4) is 11.5 Å². The molecule has 162 valence electrons. The van der Waals surface area contributed by atoms with Crippen molar-refractivity contribution < 1.29 is 27.1 Å². The Balaban J connectivity index is 1.55. The number of nitrogens with zero attached hydrogens (tertiary/aromatic N) is 1. The minimum absolute atomic E-state index is 0.121. The Morgan fingerprint density at radius 1 is 1.13 bits per heavy atom. The molecule has 30 heavy (non-hydrogen) atoms. The number of ether oxygens (including phenoxy) is 2. The number of anilines is 1. The van der Waals surface area contributed by atoms with Crippen molar-refractivity contribution in [2.45, 2.75) is 25.8 Å². The molecule has 1 heterocycles. The first-order chi connectivity index (χ1) is 14.2. The molecule has 2 aromatic rings. The Morgan fingerprint density at radius 2 is 1.80 bits per heavy atom. The van der Waals surface area contributed by atoms with E-state index in [-0.39, 0.29) is 24.9 Å². The van der Waals surface area contributed by atoms with Crippen molar-refractivity contribution in [1.29, 1.82) is 0 Å². The van der Waals surface area contributed by atoms with Crippen LogP contribution < -0.4 is 19.1 Å². The molecule has 0 radical (unpaired) electrons. The zero-order chi connectivity index (χ0) is 21.7. The molecule has 1 amide bonds. The second kappa shape index (κ2) is 9.34. The molecule has 0 fully saturated rings. The van der Waals surface area contributed by atoms with Gasteiger partial charge >= 0.3 is 0 Å². The van der Waals surface area contributed by atoms with Crippen molar-refractivity contribution >= 4 is 21.6 Å². The normalized spacial score (nSPS) is 14.1. The lowest BCUT2D eigenvalue weighted by Crippen LogP contribution is -2.32. The SMILES string of the molecule is C[C@H](NC(=O)CCCN(c1ccc(F)cc1)S(C)(=O)=O)c1ccc2c(c1)OCCO2. The molecule has 3 rings (SSSR count). The molecule has 7 nitrogen and oxygen atoms in total. The Kier molecular flexibility index (Phi) is 6.81. The minimum atomic E-state index is -3.55. The number of fused-ring (bicyclic) bond motifs is 1. The summed E-state index contributed by atoms with van der Waals surface area (Å²) in [6, 6.07) is 10.5. The predicted octanol–water partition coefficient (Wildman–Crippen LogP) is 3.02. The fourth-order valence-corrected chi connectivity index (χ4v) is 4.17. The van der Waals surface area contributed by atoms with Crippen molar-refractivity contribution in [2.75, 3.05) is 30.3 Å². The molecule has 0 saturated heterocycles. The van der Waals surface area contributed by atoms with Crippen molar-refractivity contribution in [2.24, 2.45) is 0 Å². The number of halogens is 1. The molecule has 1 atom stereocenters. The average Bonchev–Trinajstić information content (AvgIpc) is 2.71. The Bertz CT molecular complexity index is 995. The molecule has 0 bridgehead atoms.